The van der Waals surface area contributed by atoms with E-state index in [-0.39, 0.29) is 11.7 Å². The van der Waals surface area contributed by atoms with Gasteiger partial charge in [-0.1, -0.05) is 6.07 Å². The van der Waals surface area contributed by atoms with Gasteiger partial charge in [-0.05, 0) is 47.8 Å². The molecular formula is C22H22FN3O2S. The van der Waals surface area contributed by atoms with E-state index in [9.17, 15) is 9.18 Å². The SMILES string of the molecule is O=C(c1cc(COc2ccc(F)cc2)cs1)N1CCN(Cc2ccccn2)CC1. The summed E-state index contributed by atoms with van der Waals surface area (Å²) in [5.41, 5.74) is 1.99. The van der Waals surface area contributed by atoms with Crippen LogP contribution < -0.4 is 4.74 Å². The number of aromatic nitrogens is 1. The Balaban J connectivity index is 1.27. The van der Waals surface area contributed by atoms with Gasteiger partial charge in [-0.2, -0.15) is 0 Å². The van der Waals surface area contributed by atoms with Gasteiger partial charge in [0.05, 0.1) is 10.6 Å². The summed E-state index contributed by atoms with van der Waals surface area (Å²) in [6, 6.07) is 13.7. The van der Waals surface area contributed by atoms with Crippen molar-refractivity contribution >= 4 is 17.2 Å². The van der Waals surface area contributed by atoms with E-state index >= 15 is 0 Å². The molecule has 1 aliphatic heterocycles. The van der Waals surface area contributed by atoms with E-state index < -0.39 is 0 Å². The molecule has 4 rings (SSSR count). The Morgan fingerprint density at radius 1 is 1.10 bits per heavy atom. The van der Waals surface area contributed by atoms with E-state index in [2.05, 4.69) is 9.88 Å². The van der Waals surface area contributed by atoms with Crippen molar-refractivity contribution in [2.24, 2.45) is 0 Å². The zero-order chi connectivity index (χ0) is 20.1. The predicted molar refractivity (Wildman–Crippen MR) is 110 cm³/mol. The van der Waals surface area contributed by atoms with Gasteiger partial charge < -0.3 is 9.64 Å². The van der Waals surface area contributed by atoms with Gasteiger partial charge >= 0.3 is 0 Å². The maximum absolute atomic E-state index is 13.0. The summed E-state index contributed by atoms with van der Waals surface area (Å²) in [5.74, 6) is 0.385. The smallest absolute Gasteiger partial charge is 0.264 e. The molecule has 1 saturated heterocycles. The number of hydrogen-bond donors (Lipinski definition) is 0. The minimum absolute atomic E-state index is 0.0699. The highest BCUT2D eigenvalue weighted by atomic mass is 32.1. The second-order valence-electron chi connectivity index (χ2n) is 6.95. The fourth-order valence-electron chi connectivity index (χ4n) is 3.25. The van der Waals surface area contributed by atoms with Crippen LogP contribution in [0.2, 0.25) is 0 Å². The van der Waals surface area contributed by atoms with Crippen molar-refractivity contribution in [2.45, 2.75) is 13.2 Å². The van der Waals surface area contributed by atoms with Crippen LogP contribution in [0.4, 0.5) is 4.39 Å². The van der Waals surface area contributed by atoms with Gasteiger partial charge in [0.2, 0.25) is 0 Å². The van der Waals surface area contributed by atoms with Crippen molar-refractivity contribution in [3.05, 3.63) is 82.1 Å². The number of thiophene rings is 1. The monoisotopic (exact) mass is 411 g/mol. The molecule has 3 heterocycles. The number of pyridine rings is 1. The molecule has 0 spiro atoms. The quantitative estimate of drug-likeness (QED) is 0.619. The molecule has 0 radical (unpaired) electrons. The third-order valence-electron chi connectivity index (χ3n) is 4.85. The lowest BCUT2D eigenvalue weighted by atomic mass is 10.2. The zero-order valence-corrected chi connectivity index (χ0v) is 16.8. The number of hydrogen-bond acceptors (Lipinski definition) is 5. The number of carbonyl (C=O) groups excluding carboxylic acids is 1. The van der Waals surface area contributed by atoms with Crippen molar-refractivity contribution < 1.29 is 13.9 Å². The Bertz CT molecular complexity index is 938. The molecule has 1 aliphatic rings. The molecule has 150 valence electrons. The molecule has 0 N–H and O–H groups in total. The lowest BCUT2D eigenvalue weighted by Crippen LogP contribution is -2.48. The highest BCUT2D eigenvalue weighted by molar-refractivity contribution is 7.12. The molecule has 0 saturated carbocycles. The third kappa shape index (κ3) is 5.19. The fraction of sp³-hybridized carbons (Fsp3) is 0.273. The molecule has 0 bridgehead atoms. The van der Waals surface area contributed by atoms with Gasteiger partial charge in [-0.3, -0.25) is 14.7 Å². The number of carbonyl (C=O) groups is 1. The van der Waals surface area contributed by atoms with Crippen molar-refractivity contribution in [1.82, 2.24) is 14.8 Å². The maximum Gasteiger partial charge on any atom is 0.264 e. The second-order valence-corrected chi connectivity index (χ2v) is 7.86. The van der Waals surface area contributed by atoms with E-state index in [1.807, 2.05) is 40.7 Å². The lowest BCUT2D eigenvalue weighted by molar-refractivity contribution is 0.0631. The van der Waals surface area contributed by atoms with Crippen LogP contribution in [0.15, 0.2) is 60.1 Å². The number of rotatable bonds is 6. The summed E-state index contributed by atoms with van der Waals surface area (Å²) in [4.78, 5) is 22.1. The van der Waals surface area contributed by atoms with Crippen LogP contribution in [0.1, 0.15) is 20.9 Å². The molecule has 0 aliphatic carbocycles. The van der Waals surface area contributed by atoms with Crippen molar-refractivity contribution in [2.75, 3.05) is 26.2 Å². The largest absolute Gasteiger partial charge is 0.489 e. The van der Waals surface area contributed by atoms with Crippen molar-refractivity contribution in [3.63, 3.8) is 0 Å². The van der Waals surface area contributed by atoms with Crippen LogP contribution in [0.5, 0.6) is 5.75 Å². The van der Waals surface area contributed by atoms with E-state index in [1.54, 1.807) is 12.1 Å². The molecule has 1 fully saturated rings. The Labute approximate surface area is 173 Å². The average Bonchev–Trinajstić information content (AvgIpc) is 3.23. The standard InChI is InChI=1S/C22H22FN3O2S/c23-18-4-6-20(7-5-18)28-15-17-13-21(29-16-17)22(27)26-11-9-25(10-12-26)14-19-3-1-2-8-24-19/h1-8,13,16H,9-12,14-15H2. The molecule has 1 amide bonds. The van der Waals surface area contributed by atoms with Gasteiger partial charge in [-0.15, -0.1) is 11.3 Å². The normalized spacial score (nSPS) is 14.7. The van der Waals surface area contributed by atoms with Crippen LogP contribution in [-0.2, 0) is 13.2 Å². The fourth-order valence-corrected chi connectivity index (χ4v) is 4.11. The first-order valence-corrected chi connectivity index (χ1v) is 10.4. The van der Waals surface area contributed by atoms with Gasteiger partial charge in [0.1, 0.15) is 18.2 Å². The Kier molecular flexibility index (Phi) is 6.17. The molecular weight excluding hydrogens is 389 g/mol. The molecule has 3 aromatic rings. The van der Waals surface area contributed by atoms with Crippen LogP contribution in [0.3, 0.4) is 0 Å². The summed E-state index contributed by atoms with van der Waals surface area (Å²) in [7, 11) is 0. The third-order valence-corrected chi connectivity index (χ3v) is 5.82. The first-order valence-electron chi connectivity index (χ1n) is 9.55. The van der Waals surface area contributed by atoms with Crippen molar-refractivity contribution in [1.29, 1.82) is 0 Å². The number of nitrogens with zero attached hydrogens (tertiary/aromatic N) is 3. The maximum atomic E-state index is 13.0. The van der Waals surface area contributed by atoms with E-state index in [4.69, 9.17) is 4.74 Å². The summed E-state index contributed by atoms with van der Waals surface area (Å²) in [5, 5.41) is 1.94. The summed E-state index contributed by atoms with van der Waals surface area (Å²) in [6.45, 7) is 4.28. The van der Waals surface area contributed by atoms with Crippen LogP contribution in [0.25, 0.3) is 0 Å². The van der Waals surface area contributed by atoms with Crippen LogP contribution in [0, 0.1) is 5.82 Å². The Morgan fingerprint density at radius 2 is 1.90 bits per heavy atom. The van der Waals surface area contributed by atoms with Crippen LogP contribution in [-0.4, -0.2) is 46.9 Å². The number of halogens is 1. The van der Waals surface area contributed by atoms with E-state index in [1.165, 1.54) is 23.5 Å². The molecule has 5 nitrogen and oxygen atoms in total. The molecule has 1 aromatic carbocycles. The second kappa shape index (κ2) is 9.15. The molecule has 0 atom stereocenters. The van der Waals surface area contributed by atoms with Crippen molar-refractivity contribution in [3.8, 4) is 5.75 Å². The van der Waals surface area contributed by atoms with E-state index in [0.717, 1.165) is 35.8 Å². The summed E-state index contributed by atoms with van der Waals surface area (Å²) < 4.78 is 18.6. The number of ether oxygens (including phenoxy) is 1. The molecule has 2 aromatic heterocycles. The topological polar surface area (TPSA) is 45.7 Å². The van der Waals surface area contributed by atoms with Gasteiger partial charge in [0.25, 0.3) is 5.91 Å². The predicted octanol–water partition coefficient (Wildman–Crippen LogP) is 3.82. The summed E-state index contributed by atoms with van der Waals surface area (Å²) in [6.07, 6.45) is 1.81. The van der Waals surface area contributed by atoms with Gasteiger partial charge in [0.15, 0.2) is 0 Å². The first-order chi connectivity index (χ1) is 14.2. The number of piperazine rings is 1. The van der Waals surface area contributed by atoms with Crippen LogP contribution >= 0.6 is 11.3 Å². The number of benzene rings is 1. The van der Waals surface area contributed by atoms with Gasteiger partial charge in [-0.25, -0.2) is 4.39 Å². The minimum atomic E-state index is -0.291. The number of amides is 1. The molecule has 7 heteroatoms. The summed E-state index contributed by atoms with van der Waals surface area (Å²) >= 11 is 1.44. The lowest BCUT2D eigenvalue weighted by Gasteiger charge is -2.34. The molecule has 0 unspecified atom stereocenters. The average molecular weight is 412 g/mol. The zero-order valence-electron chi connectivity index (χ0n) is 16.0. The first kappa shape index (κ1) is 19.5. The Morgan fingerprint density at radius 3 is 2.62 bits per heavy atom. The highest BCUT2D eigenvalue weighted by Crippen LogP contribution is 2.20. The van der Waals surface area contributed by atoms with Gasteiger partial charge in [0, 0.05) is 44.5 Å². The highest BCUT2D eigenvalue weighted by Gasteiger charge is 2.23. The van der Waals surface area contributed by atoms with E-state index in [0.29, 0.717) is 25.4 Å². The minimum Gasteiger partial charge on any atom is -0.489 e. The molecule has 29 heavy (non-hydrogen) atoms. The Hall–Kier alpha value is -2.77.